The van der Waals surface area contributed by atoms with Gasteiger partial charge in [0.2, 0.25) is 5.82 Å². The number of rotatable bonds is 3. The fourth-order valence-corrected chi connectivity index (χ4v) is 1.70. The molecular weight excluding hydrogens is 244 g/mol. The van der Waals surface area contributed by atoms with Crippen LogP contribution in [0.4, 0.5) is 0 Å². The number of pyridine rings is 1. The van der Waals surface area contributed by atoms with Crippen molar-refractivity contribution in [2.75, 3.05) is 0 Å². The van der Waals surface area contributed by atoms with Crippen molar-refractivity contribution >= 4 is 0 Å². The van der Waals surface area contributed by atoms with E-state index in [9.17, 15) is 0 Å². The van der Waals surface area contributed by atoms with Gasteiger partial charge in [-0.3, -0.25) is 9.67 Å². The summed E-state index contributed by atoms with van der Waals surface area (Å²) in [5, 5.41) is 8.14. The lowest BCUT2D eigenvalue weighted by molar-refractivity contribution is 0.432. The van der Waals surface area contributed by atoms with E-state index in [0.29, 0.717) is 24.0 Å². The minimum atomic E-state index is 0.370. The molecule has 2 N–H and O–H groups in total. The second kappa shape index (κ2) is 4.62. The zero-order chi connectivity index (χ0) is 13.2. The molecule has 0 spiro atoms. The molecule has 0 saturated carbocycles. The van der Waals surface area contributed by atoms with Crippen LogP contribution in [-0.2, 0) is 13.6 Å². The van der Waals surface area contributed by atoms with Crippen LogP contribution in [0.1, 0.15) is 5.69 Å². The average Bonchev–Trinajstić information content (AvgIpc) is 3.07. The molecule has 0 aliphatic carbocycles. The van der Waals surface area contributed by atoms with Crippen molar-refractivity contribution in [2.24, 2.45) is 12.8 Å². The predicted molar refractivity (Wildman–Crippen MR) is 67.6 cm³/mol. The Morgan fingerprint density at radius 1 is 1.37 bits per heavy atom. The van der Waals surface area contributed by atoms with Crippen molar-refractivity contribution < 1.29 is 4.52 Å². The monoisotopic (exact) mass is 256 g/mol. The van der Waals surface area contributed by atoms with Gasteiger partial charge in [-0.1, -0.05) is 5.16 Å². The van der Waals surface area contributed by atoms with Crippen molar-refractivity contribution in [3.8, 4) is 23.0 Å². The largest absolute Gasteiger partial charge is 0.334 e. The Morgan fingerprint density at radius 3 is 3.00 bits per heavy atom. The van der Waals surface area contributed by atoms with E-state index in [4.69, 9.17) is 10.3 Å². The van der Waals surface area contributed by atoms with Crippen molar-refractivity contribution in [1.29, 1.82) is 0 Å². The van der Waals surface area contributed by atoms with Gasteiger partial charge in [0.15, 0.2) is 0 Å². The van der Waals surface area contributed by atoms with Crippen molar-refractivity contribution in [3.05, 3.63) is 36.3 Å². The SMILES string of the molecule is Cn1ccc(-c2noc(-c3ccnc(CN)c3)n2)n1. The lowest BCUT2D eigenvalue weighted by Gasteiger charge is -1.97. The normalized spacial score (nSPS) is 10.8. The third-order valence-electron chi connectivity index (χ3n) is 2.64. The van der Waals surface area contributed by atoms with Crippen LogP contribution in [-0.4, -0.2) is 24.9 Å². The van der Waals surface area contributed by atoms with Crippen molar-refractivity contribution in [2.45, 2.75) is 6.54 Å². The summed E-state index contributed by atoms with van der Waals surface area (Å²) in [6.45, 7) is 0.370. The Bertz CT molecular complexity index is 702. The van der Waals surface area contributed by atoms with E-state index >= 15 is 0 Å². The van der Waals surface area contributed by atoms with Crippen LogP contribution < -0.4 is 5.73 Å². The molecule has 0 aromatic carbocycles. The average molecular weight is 256 g/mol. The Labute approximate surface area is 109 Å². The van der Waals surface area contributed by atoms with Gasteiger partial charge >= 0.3 is 0 Å². The molecule has 0 radical (unpaired) electrons. The molecule has 0 unspecified atom stereocenters. The summed E-state index contributed by atoms with van der Waals surface area (Å²) in [5.74, 6) is 0.888. The molecule has 3 aromatic rings. The van der Waals surface area contributed by atoms with Gasteiger partial charge in [-0.05, 0) is 18.2 Å². The van der Waals surface area contributed by atoms with Crippen LogP contribution in [0.5, 0.6) is 0 Å². The Hall–Kier alpha value is -2.54. The molecule has 19 heavy (non-hydrogen) atoms. The van der Waals surface area contributed by atoms with Gasteiger partial charge < -0.3 is 10.3 Å². The number of aromatic nitrogens is 5. The van der Waals surface area contributed by atoms with Crippen LogP contribution >= 0.6 is 0 Å². The maximum Gasteiger partial charge on any atom is 0.258 e. The summed E-state index contributed by atoms with van der Waals surface area (Å²) in [6.07, 6.45) is 3.49. The first-order valence-corrected chi connectivity index (χ1v) is 5.75. The van der Waals surface area contributed by atoms with E-state index in [1.54, 1.807) is 16.9 Å². The summed E-state index contributed by atoms with van der Waals surface area (Å²) in [6, 6.07) is 5.46. The molecule has 7 nitrogen and oxygen atoms in total. The fourth-order valence-electron chi connectivity index (χ4n) is 1.70. The minimum absolute atomic E-state index is 0.370. The first-order chi connectivity index (χ1) is 9.26. The molecule has 3 aromatic heterocycles. The Kier molecular flexibility index (Phi) is 2.81. The van der Waals surface area contributed by atoms with Gasteiger partial charge in [0.1, 0.15) is 5.69 Å². The molecule has 0 fully saturated rings. The molecule has 0 amide bonds. The van der Waals surface area contributed by atoms with E-state index in [0.717, 1.165) is 11.3 Å². The standard InChI is InChI=1S/C12H12N6O/c1-18-5-3-10(16-18)11-15-12(19-17-11)8-2-4-14-9(6-8)7-13/h2-6H,7,13H2,1H3. The van der Waals surface area contributed by atoms with Crippen LogP contribution in [0.15, 0.2) is 35.1 Å². The predicted octanol–water partition coefficient (Wildman–Crippen LogP) is 0.991. The molecule has 0 saturated heterocycles. The minimum Gasteiger partial charge on any atom is -0.334 e. The smallest absolute Gasteiger partial charge is 0.258 e. The van der Waals surface area contributed by atoms with Gasteiger partial charge in [-0.25, -0.2) is 0 Å². The van der Waals surface area contributed by atoms with Crippen LogP contribution in [0.25, 0.3) is 23.0 Å². The summed E-state index contributed by atoms with van der Waals surface area (Å²) in [4.78, 5) is 8.44. The first-order valence-electron chi connectivity index (χ1n) is 5.75. The highest BCUT2D eigenvalue weighted by molar-refractivity contribution is 5.57. The topological polar surface area (TPSA) is 95.7 Å². The molecular formula is C12H12N6O. The molecule has 0 aliphatic heterocycles. The third-order valence-corrected chi connectivity index (χ3v) is 2.64. The van der Waals surface area contributed by atoms with Gasteiger partial charge in [-0.15, -0.1) is 0 Å². The Balaban J connectivity index is 1.96. The summed E-state index contributed by atoms with van der Waals surface area (Å²) in [7, 11) is 1.83. The highest BCUT2D eigenvalue weighted by Crippen LogP contribution is 2.21. The van der Waals surface area contributed by atoms with E-state index in [-0.39, 0.29) is 0 Å². The van der Waals surface area contributed by atoms with Crippen LogP contribution in [0.3, 0.4) is 0 Å². The molecule has 3 heterocycles. The molecule has 0 aliphatic rings. The quantitative estimate of drug-likeness (QED) is 0.750. The highest BCUT2D eigenvalue weighted by atomic mass is 16.5. The molecule has 0 atom stereocenters. The van der Waals surface area contributed by atoms with Crippen LogP contribution in [0, 0.1) is 0 Å². The van der Waals surface area contributed by atoms with Gasteiger partial charge in [0.05, 0.1) is 5.69 Å². The molecule has 3 rings (SSSR count). The summed E-state index contributed by atoms with van der Waals surface area (Å²) >= 11 is 0. The number of hydrogen-bond acceptors (Lipinski definition) is 6. The summed E-state index contributed by atoms with van der Waals surface area (Å²) in [5.41, 5.74) is 7.80. The number of hydrogen-bond donors (Lipinski definition) is 1. The fraction of sp³-hybridized carbons (Fsp3) is 0.167. The number of aryl methyl sites for hydroxylation is 1. The molecule has 96 valence electrons. The maximum atomic E-state index is 5.55. The number of nitrogens with zero attached hydrogens (tertiary/aromatic N) is 5. The van der Waals surface area contributed by atoms with Crippen LogP contribution in [0.2, 0.25) is 0 Å². The lowest BCUT2D eigenvalue weighted by Crippen LogP contribution is -1.98. The van der Waals surface area contributed by atoms with Gasteiger partial charge in [0.25, 0.3) is 5.89 Å². The second-order valence-corrected chi connectivity index (χ2v) is 4.04. The van der Waals surface area contributed by atoms with E-state index in [2.05, 4.69) is 20.2 Å². The Morgan fingerprint density at radius 2 is 2.26 bits per heavy atom. The molecule has 7 heteroatoms. The maximum absolute atomic E-state index is 5.55. The van der Waals surface area contributed by atoms with Crippen molar-refractivity contribution in [3.63, 3.8) is 0 Å². The van der Waals surface area contributed by atoms with E-state index in [1.807, 2.05) is 25.4 Å². The third kappa shape index (κ3) is 2.23. The zero-order valence-electron chi connectivity index (χ0n) is 10.3. The van der Waals surface area contributed by atoms with Crippen molar-refractivity contribution in [1.82, 2.24) is 24.9 Å². The van der Waals surface area contributed by atoms with E-state index in [1.165, 1.54) is 0 Å². The lowest BCUT2D eigenvalue weighted by atomic mass is 10.2. The van der Waals surface area contributed by atoms with E-state index < -0.39 is 0 Å². The first kappa shape index (κ1) is 11.5. The highest BCUT2D eigenvalue weighted by Gasteiger charge is 2.12. The second-order valence-electron chi connectivity index (χ2n) is 4.04. The molecule has 0 bridgehead atoms. The summed E-state index contributed by atoms with van der Waals surface area (Å²) < 4.78 is 6.92. The number of nitrogens with two attached hydrogens (primary N) is 1. The zero-order valence-corrected chi connectivity index (χ0v) is 10.3. The van der Waals surface area contributed by atoms with Gasteiger partial charge in [0, 0.05) is 31.5 Å². The van der Waals surface area contributed by atoms with Gasteiger partial charge in [-0.2, -0.15) is 10.1 Å².